The number of carbonyl (C=O) groups is 1. The number of amides is 1. The van der Waals surface area contributed by atoms with Crippen LogP contribution in [0.1, 0.15) is 30.6 Å². The summed E-state index contributed by atoms with van der Waals surface area (Å²) in [7, 11) is 0. The molecular formula is C17H23NO3. The van der Waals surface area contributed by atoms with E-state index in [9.17, 15) is 4.79 Å². The molecule has 1 saturated heterocycles. The number of nitrogens with zero attached hydrogens (tertiary/aromatic N) is 1. The van der Waals surface area contributed by atoms with Gasteiger partial charge in [-0.25, -0.2) is 0 Å². The van der Waals surface area contributed by atoms with Gasteiger partial charge >= 0.3 is 0 Å². The van der Waals surface area contributed by atoms with Crippen molar-refractivity contribution >= 4 is 5.91 Å². The number of hydrogen-bond acceptors (Lipinski definition) is 3. The topological polar surface area (TPSA) is 49.8 Å². The van der Waals surface area contributed by atoms with Crippen molar-refractivity contribution in [3.8, 4) is 5.75 Å². The second kappa shape index (κ2) is 7.27. The van der Waals surface area contributed by atoms with Crippen molar-refractivity contribution < 1.29 is 14.6 Å². The summed E-state index contributed by atoms with van der Waals surface area (Å²) >= 11 is 0. The average molecular weight is 289 g/mol. The molecule has 4 nitrogen and oxygen atoms in total. The van der Waals surface area contributed by atoms with Gasteiger partial charge in [0, 0.05) is 31.2 Å². The molecule has 4 heteroatoms. The monoisotopic (exact) mass is 289 g/mol. The summed E-state index contributed by atoms with van der Waals surface area (Å²) in [5.41, 5.74) is 1.85. The highest BCUT2D eigenvalue weighted by atomic mass is 16.5. The maximum absolute atomic E-state index is 12.4. The van der Waals surface area contributed by atoms with Crippen LogP contribution in [0, 0.1) is 5.92 Å². The van der Waals surface area contributed by atoms with Gasteiger partial charge < -0.3 is 14.7 Å². The molecule has 0 aliphatic carbocycles. The molecule has 2 rings (SSSR count). The molecule has 1 aromatic rings. The number of carbonyl (C=O) groups excluding carboxylic acids is 1. The Labute approximate surface area is 126 Å². The van der Waals surface area contributed by atoms with Crippen LogP contribution in [-0.4, -0.2) is 42.2 Å². The zero-order valence-corrected chi connectivity index (χ0v) is 12.7. The van der Waals surface area contributed by atoms with Crippen molar-refractivity contribution in [2.75, 3.05) is 26.3 Å². The summed E-state index contributed by atoms with van der Waals surface area (Å²) in [6, 6.07) is 7.29. The Morgan fingerprint density at radius 1 is 1.48 bits per heavy atom. The first kappa shape index (κ1) is 15.6. The van der Waals surface area contributed by atoms with Crippen molar-refractivity contribution in [2.45, 2.75) is 20.3 Å². The molecule has 0 bridgehead atoms. The van der Waals surface area contributed by atoms with Gasteiger partial charge in [0.25, 0.3) is 5.91 Å². The smallest absolute Gasteiger partial charge is 0.253 e. The summed E-state index contributed by atoms with van der Waals surface area (Å²) in [4.78, 5) is 14.2. The van der Waals surface area contributed by atoms with E-state index in [0.29, 0.717) is 31.0 Å². The highest BCUT2D eigenvalue weighted by Crippen LogP contribution is 2.20. The minimum Gasteiger partial charge on any atom is -0.490 e. The van der Waals surface area contributed by atoms with E-state index in [2.05, 4.69) is 0 Å². The number of allylic oxidation sites excluding steroid dienone is 1. The second-order valence-electron chi connectivity index (χ2n) is 5.71. The number of likely N-dealkylation sites (tertiary alicyclic amines) is 1. The molecule has 0 radical (unpaired) electrons. The van der Waals surface area contributed by atoms with Crippen LogP contribution >= 0.6 is 0 Å². The van der Waals surface area contributed by atoms with E-state index < -0.39 is 0 Å². The lowest BCUT2D eigenvalue weighted by molar-refractivity contribution is 0.0781. The maximum Gasteiger partial charge on any atom is 0.253 e. The van der Waals surface area contributed by atoms with E-state index in [1.165, 1.54) is 5.57 Å². The van der Waals surface area contributed by atoms with Crippen molar-refractivity contribution in [1.29, 1.82) is 0 Å². The largest absolute Gasteiger partial charge is 0.490 e. The van der Waals surface area contributed by atoms with Crippen LogP contribution in [0.4, 0.5) is 0 Å². The van der Waals surface area contributed by atoms with Crippen LogP contribution in [0.25, 0.3) is 0 Å². The van der Waals surface area contributed by atoms with Gasteiger partial charge in [0.15, 0.2) is 0 Å². The fourth-order valence-electron chi connectivity index (χ4n) is 2.37. The minimum absolute atomic E-state index is 0.0126. The van der Waals surface area contributed by atoms with Gasteiger partial charge in [0.1, 0.15) is 12.4 Å². The van der Waals surface area contributed by atoms with Gasteiger partial charge in [-0.3, -0.25) is 4.79 Å². The Morgan fingerprint density at radius 3 is 2.95 bits per heavy atom. The maximum atomic E-state index is 12.4. The Kier molecular flexibility index (Phi) is 5.39. The fraction of sp³-hybridized carbons (Fsp3) is 0.471. The first-order chi connectivity index (χ1) is 10.1. The summed E-state index contributed by atoms with van der Waals surface area (Å²) in [5.74, 6) is 0.931. The summed E-state index contributed by atoms with van der Waals surface area (Å²) in [6.07, 6.45) is 2.87. The van der Waals surface area contributed by atoms with Crippen LogP contribution < -0.4 is 4.74 Å². The third-order valence-corrected chi connectivity index (χ3v) is 3.65. The second-order valence-corrected chi connectivity index (χ2v) is 5.71. The number of rotatable bonds is 5. The van der Waals surface area contributed by atoms with Crippen LogP contribution in [-0.2, 0) is 0 Å². The van der Waals surface area contributed by atoms with Gasteiger partial charge in [0.05, 0.1) is 0 Å². The van der Waals surface area contributed by atoms with Crippen molar-refractivity contribution in [2.24, 2.45) is 5.92 Å². The molecule has 1 aromatic carbocycles. The van der Waals surface area contributed by atoms with E-state index in [4.69, 9.17) is 9.84 Å². The zero-order valence-electron chi connectivity index (χ0n) is 12.7. The fourth-order valence-corrected chi connectivity index (χ4v) is 2.37. The Bertz CT molecular complexity index is 521. The molecule has 1 amide bonds. The lowest BCUT2D eigenvalue weighted by Gasteiger charge is -2.16. The van der Waals surface area contributed by atoms with Gasteiger partial charge in [-0.15, -0.1) is 0 Å². The van der Waals surface area contributed by atoms with Crippen LogP contribution in [0.15, 0.2) is 35.9 Å². The Balaban J connectivity index is 2.00. The zero-order chi connectivity index (χ0) is 15.2. The van der Waals surface area contributed by atoms with Crippen LogP contribution in [0.3, 0.4) is 0 Å². The van der Waals surface area contributed by atoms with E-state index >= 15 is 0 Å². The number of aliphatic hydroxyl groups excluding tert-OH is 1. The average Bonchev–Trinajstić information content (AvgIpc) is 2.95. The number of benzene rings is 1. The predicted molar refractivity (Wildman–Crippen MR) is 82.5 cm³/mol. The molecule has 0 aromatic heterocycles. The van der Waals surface area contributed by atoms with Crippen LogP contribution in [0.5, 0.6) is 5.75 Å². The van der Waals surface area contributed by atoms with Crippen molar-refractivity contribution in [3.05, 3.63) is 41.5 Å². The molecule has 0 spiro atoms. The first-order valence-corrected chi connectivity index (χ1v) is 7.36. The lowest BCUT2D eigenvalue weighted by Crippen LogP contribution is -2.29. The third kappa shape index (κ3) is 4.33. The van der Waals surface area contributed by atoms with Crippen molar-refractivity contribution in [3.63, 3.8) is 0 Å². The van der Waals surface area contributed by atoms with E-state index in [1.54, 1.807) is 11.0 Å². The quantitative estimate of drug-likeness (QED) is 0.847. The lowest BCUT2D eigenvalue weighted by atomic mass is 10.1. The summed E-state index contributed by atoms with van der Waals surface area (Å²) < 4.78 is 5.63. The first-order valence-electron chi connectivity index (χ1n) is 7.36. The SMILES string of the molecule is CC(C)=CCOc1cccc(C(=O)N2CCC(CO)C2)c1. The predicted octanol–water partition coefficient (Wildman–Crippen LogP) is 2.49. The van der Waals surface area contributed by atoms with E-state index in [0.717, 1.165) is 6.42 Å². The number of aliphatic hydroxyl groups is 1. The Hall–Kier alpha value is -1.81. The third-order valence-electron chi connectivity index (χ3n) is 3.65. The standard InChI is InChI=1S/C17H23NO3/c1-13(2)7-9-21-16-5-3-4-15(10-16)17(20)18-8-6-14(11-18)12-19/h3-5,7,10,14,19H,6,8-9,11-12H2,1-2H3. The summed E-state index contributed by atoms with van der Waals surface area (Å²) in [5, 5.41) is 9.16. The van der Waals surface area contributed by atoms with Gasteiger partial charge in [0.2, 0.25) is 0 Å². The Morgan fingerprint density at radius 2 is 2.29 bits per heavy atom. The van der Waals surface area contributed by atoms with Crippen LogP contribution in [0.2, 0.25) is 0 Å². The normalized spacial score (nSPS) is 17.7. The molecule has 114 valence electrons. The molecule has 21 heavy (non-hydrogen) atoms. The van der Waals surface area contributed by atoms with E-state index in [1.807, 2.05) is 38.1 Å². The molecule has 1 fully saturated rings. The molecule has 0 saturated carbocycles. The van der Waals surface area contributed by atoms with Gasteiger partial charge in [-0.05, 0) is 44.5 Å². The molecular weight excluding hydrogens is 266 g/mol. The molecule has 1 heterocycles. The van der Waals surface area contributed by atoms with Crippen molar-refractivity contribution in [1.82, 2.24) is 4.90 Å². The molecule has 1 N–H and O–H groups in total. The molecule has 1 aliphatic rings. The molecule has 1 aliphatic heterocycles. The minimum atomic E-state index is 0.0126. The number of ether oxygens (including phenoxy) is 1. The summed E-state index contributed by atoms with van der Waals surface area (Å²) in [6.45, 7) is 6.06. The van der Waals surface area contributed by atoms with Gasteiger partial charge in [-0.1, -0.05) is 11.6 Å². The molecule has 1 unspecified atom stereocenters. The highest BCUT2D eigenvalue weighted by molar-refractivity contribution is 5.94. The molecule has 1 atom stereocenters. The van der Waals surface area contributed by atoms with E-state index in [-0.39, 0.29) is 18.4 Å². The highest BCUT2D eigenvalue weighted by Gasteiger charge is 2.26. The van der Waals surface area contributed by atoms with Gasteiger partial charge in [-0.2, -0.15) is 0 Å². The number of hydrogen-bond donors (Lipinski definition) is 1.